The van der Waals surface area contributed by atoms with E-state index in [-0.39, 0.29) is 11.1 Å². The predicted molar refractivity (Wildman–Crippen MR) is 127 cm³/mol. The summed E-state index contributed by atoms with van der Waals surface area (Å²) in [7, 11) is 0. The Labute approximate surface area is 214 Å². The van der Waals surface area contributed by atoms with E-state index in [2.05, 4.69) is 37.2 Å². The standard InChI is InChI=1S/C23H20Br2F6N2O2/c1-12-7-14(4-6-19(23(29,30)31)15-8-16(24)10-17(25)9-15)3-5-18(12)21(35)33-13(2)20(34)32-11-22(26,27)28/h3-10,13,19H,11H2,1-2H3,(H,32,34)(H,33,35)/b6-4+/t13-,19?/m1/s1. The highest BCUT2D eigenvalue weighted by Crippen LogP contribution is 2.38. The van der Waals surface area contributed by atoms with Crippen LogP contribution in [-0.2, 0) is 4.79 Å². The van der Waals surface area contributed by atoms with Crippen molar-refractivity contribution in [2.75, 3.05) is 6.54 Å². The normalized spacial score (nSPS) is 14.0. The number of benzene rings is 2. The molecule has 0 radical (unpaired) electrons. The van der Waals surface area contributed by atoms with Crippen molar-refractivity contribution in [1.29, 1.82) is 0 Å². The molecule has 0 heterocycles. The van der Waals surface area contributed by atoms with Gasteiger partial charge < -0.3 is 10.6 Å². The third kappa shape index (κ3) is 8.99. The largest absolute Gasteiger partial charge is 0.405 e. The van der Waals surface area contributed by atoms with Crippen molar-refractivity contribution in [2.45, 2.75) is 38.2 Å². The maximum absolute atomic E-state index is 13.7. The molecular formula is C23H20Br2F6N2O2. The zero-order chi connectivity index (χ0) is 26.6. The molecule has 2 aromatic rings. The van der Waals surface area contributed by atoms with E-state index in [1.54, 1.807) is 18.3 Å². The van der Waals surface area contributed by atoms with E-state index in [1.807, 2.05) is 0 Å². The molecule has 12 heteroatoms. The summed E-state index contributed by atoms with van der Waals surface area (Å²) in [6.07, 6.45) is -6.84. The minimum absolute atomic E-state index is 0.0282. The Morgan fingerprint density at radius 1 is 1.00 bits per heavy atom. The van der Waals surface area contributed by atoms with Crippen LogP contribution in [0.25, 0.3) is 6.08 Å². The first kappa shape index (κ1) is 28.9. The summed E-state index contributed by atoms with van der Waals surface area (Å²) < 4.78 is 78.8. The number of nitrogens with one attached hydrogen (secondary N) is 2. The number of carbonyl (C=O) groups is 2. The Balaban J connectivity index is 2.16. The molecular weight excluding hydrogens is 610 g/mol. The first-order chi connectivity index (χ1) is 16.1. The van der Waals surface area contributed by atoms with Crippen LogP contribution >= 0.6 is 31.9 Å². The second kappa shape index (κ2) is 11.6. The summed E-state index contributed by atoms with van der Waals surface area (Å²) >= 11 is 6.37. The summed E-state index contributed by atoms with van der Waals surface area (Å²) in [6, 6.07) is 7.41. The van der Waals surface area contributed by atoms with Crippen LogP contribution in [0.15, 0.2) is 51.4 Å². The minimum atomic E-state index is -4.59. The molecule has 0 saturated carbocycles. The van der Waals surface area contributed by atoms with E-state index in [9.17, 15) is 35.9 Å². The van der Waals surface area contributed by atoms with Crippen molar-refractivity contribution in [3.05, 3.63) is 73.7 Å². The molecule has 4 nitrogen and oxygen atoms in total. The molecule has 190 valence electrons. The van der Waals surface area contributed by atoms with Crippen LogP contribution in [0.3, 0.4) is 0 Å². The van der Waals surface area contributed by atoms with Crippen LogP contribution in [0, 0.1) is 6.92 Å². The molecule has 0 aliphatic rings. The fourth-order valence-corrected chi connectivity index (χ4v) is 4.43. The van der Waals surface area contributed by atoms with E-state index < -0.39 is 42.7 Å². The molecule has 2 amide bonds. The van der Waals surface area contributed by atoms with Gasteiger partial charge in [0.25, 0.3) is 5.91 Å². The lowest BCUT2D eigenvalue weighted by Crippen LogP contribution is -2.47. The maximum atomic E-state index is 13.7. The van der Waals surface area contributed by atoms with E-state index in [0.717, 1.165) is 6.08 Å². The highest BCUT2D eigenvalue weighted by atomic mass is 79.9. The van der Waals surface area contributed by atoms with Gasteiger partial charge in [0.05, 0.1) is 5.92 Å². The lowest BCUT2D eigenvalue weighted by molar-refractivity contribution is -0.139. The van der Waals surface area contributed by atoms with Gasteiger partial charge in [-0.15, -0.1) is 0 Å². The number of aryl methyl sites for hydroxylation is 1. The van der Waals surface area contributed by atoms with Crippen LogP contribution in [0.5, 0.6) is 0 Å². The number of rotatable bonds is 7. The number of alkyl halides is 6. The minimum Gasteiger partial charge on any atom is -0.345 e. The predicted octanol–water partition coefficient (Wildman–Crippen LogP) is 6.68. The van der Waals surface area contributed by atoms with Gasteiger partial charge in [0.1, 0.15) is 12.6 Å². The zero-order valence-corrected chi connectivity index (χ0v) is 21.5. The van der Waals surface area contributed by atoms with Crippen LogP contribution < -0.4 is 10.6 Å². The van der Waals surface area contributed by atoms with Crippen molar-refractivity contribution in [3.63, 3.8) is 0 Å². The van der Waals surface area contributed by atoms with E-state index in [1.165, 1.54) is 43.3 Å². The van der Waals surface area contributed by atoms with Crippen molar-refractivity contribution in [3.8, 4) is 0 Å². The molecule has 1 unspecified atom stereocenters. The van der Waals surface area contributed by atoms with Crippen molar-refractivity contribution >= 4 is 49.8 Å². The highest BCUT2D eigenvalue weighted by Gasteiger charge is 2.39. The molecule has 0 aromatic heterocycles. The van der Waals surface area contributed by atoms with E-state index in [4.69, 9.17) is 0 Å². The van der Waals surface area contributed by atoms with Crippen molar-refractivity contribution < 1.29 is 35.9 Å². The van der Waals surface area contributed by atoms with Gasteiger partial charge in [-0.25, -0.2) is 0 Å². The second-order valence-corrected chi connectivity index (χ2v) is 9.52. The van der Waals surface area contributed by atoms with Crippen LogP contribution in [0.1, 0.15) is 39.9 Å². The van der Waals surface area contributed by atoms with Gasteiger partial charge >= 0.3 is 12.4 Å². The molecule has 0 saturated heterocycles. The summed E-state index contributed by atoms with van der Waals surface area (Å²) in [4.78, 5) is 24.2. The lowest BCUT2D eigenvalue weighted by atomic mass is 9.96. The highest BCUT2D eigenvalue weighted by molar-refractivity contribution is 9.11. The second-order valence-electron chi connectivity index (χ2n) is 7.68. The Bertz CT molecular complexity index is 1100. The third-order valence-electron chi connectivity index (χ3n) is 4.78. The summed E-state index contributed by atoms with van der Waals surface area (Å²) in [5, 5.41) is 3.98. The number of allylic oxidation sites excluding steroid dienone is 1. The Kier molecular flexibility index (Phi) is 9.57. The SMILES string of the molecule is Cc1cc(/C=C/C(c2cc(Br)cc(Br)c2)C(F)(F)F)ccc1C(=O)N[C@H](C)C(=O)NCC(F)(F)F. The number of hydrogen-bond donors (Lipinski definition) is 2. The van der Waals surface area contributed by atoms with Gasteiger partial charge in [0.15, 0.2) is 0 Å². The Morgan fingerprint density at radius 2 is 1.60 bits per heavy atom. The first-order valence-electron chi connectivity index (χ1n) is 10.0. The number of amides is 2. The average Bonchev–Trinajstić information content (AvgIpc) is 2.69. The average molecular weight is 630 g/mol. The summed E-state index contributed by atoms with van der Waals surface area (Å²) in [6.45, 7) is 1.25. The van der Waals surface area contributed by atoms with Crippen LogP contribution in [0.4, 0.5) is 26.3 Å². The van der Waals surface area contributed by atoms with Gasteiger partial charge in [-0.2, -0.15) is 26.3 Å². The fourth-order valence-electron chi connectivity index (χ4n) is 3.10. The molecule has 0 spiro atoms. The van der Waals surface area contributed by atoms with Gasteiger partial charge in [-0.1, -0.05) is 56.1 Å². The van der Waals surface area contributed by atoms with E-state index in [0.29, 0.717) is 20.1 Å². The van der Waals surface area contributed by atoms with Crippen LogP contribution in [-0.4, -0.2) is 36.8 Å². The van der Waals surface area contributed by atoms with E-state index >= 15 is 0 Å². The Morgan fingerprint density at radius 3 is 2.11 bits per heavy atom. The van der Waals surface area contributed by atoms with Gasteiger partial charge in [-0.3, -0.25) is 9.59 Å². The Hall–Kier alpha value is -2.34. The summed E-state index contributed by atoms with van der Waals surface area (Å²) in [5.41, 5.74) is 0.959. The number of carbonyl (C=O) groups excluding carboxylic acids is 2. The topological polar surface area (TPSA) is 58.2 Å². The molecule has 0 bridgehead atoms. The molecule has 2 atom stereocenters. The molecule has 0 aliphatic carbocycles. The third-order valence-corrected chi connectivity index (χ3v) is 5.69. The number of halogens is 8. The lowest BCUT2D eigenvalue weighted by Gasteiger charge is -2.18. The van der Waals surface area contributed by atoms with Gasteiger partial charge in [0.2, 0.25) is 5.91 Å². The van der Waals surface area contributed by atoms with Crippen LogP contribution in [0.2, 0.25) is 0 Å². The molecule has 2 N–H and O–H groups in total. The maximum Gasteiger partial charge on any atom is 0.405 e. The molecule has 2 rings (SSSR count). The molecule has 2 aromatic carbocycles. The smallest absolute Gasteiger partial charge is 0.345 e. The van der Waals surface area contributed by atoms with Gasteiger partial charge in [-0.05, 0) is 54.8 Å². The summed E-state index contributed by atoms with van der Waals surface area (Å²) in [5.74, 6) is -3.60. The monoisotopic (exact) mass is 628 g/mol. The quantitative estimate of drug-likeness (QED) is 0.336. The van der Waals surface area contributed by atoms with Crippen molar-refractivity contribution in [2.24, 2.45) is 0 Å². The zero-order valence-electron chi connectivity index (χ0n) is 18.3. The fraction of sp³-hybridized carbons (Fsp3) is 0.304. The van der Waals surface area contributed by atoms with Gasteiger partial charge in [0, 0.05) is 14.5 Å². The number of hydrogen-bond acceptors (Lipinski definition) is 2. The molecule has 0 aliphatic heterocycles. The molecule has 35 heavy (non-hydrogen) atoms. The first-order valence-corrected chi connectivity index (χ1v) is 11.6. The van der Waals surface area contributed by atoms with Crippen molar-refractivity contribution in [1.82, 2.24) is 10.6 Å². The molecule has 0 fully saturated rings.